The lowest BCUT2D eigenvalue weighted by atomic mass is 9.52. The zero-order chi connectivity index (χ0) is 44.9. The van der Waals surface area contributed by atoms with Gasteiger partial charge in [-0.2, -0.15) is 0 Å². The van der Waals surface area contributed by atoms with Crippen LogP contribution in [0.25, 0.3) is 10.9 Å². The molecular weight excluding hydrogens is 829 g/mol. The number of hydrogen-bond donors (Lipinski definition) is 2. The smallest absolute Gasteiger partial charge is 0.344 e. The van der Waals surface area contributed by atoms with Crippen molar-refractivity contribution in [2.24, 2.45) is 11.8 Å². The van der Waals surface area contributed by atoms with Crippen molar-refractivity contribution in [2.75, 3.05) is 59.5 Å². The molecule has 1 spiro atoms. The molecule has 13 heteroatoms. The number of ether oxygens (including phenoxy) is 4. The lowest BCUT2D eigenvalue weighted by molar-refractivity contribution is -0.212. The SMILES string of the molecule is CCC1=C[C@H]2CN(C1)Cc1c([nH]c3ccc(Sc4ccccc4)cc13)[C@@](C(=O)OC)(c1cc3c(cc1OC)N(C)[C@H]1[C@@](O)(C(=O)OC)[C@H](OC(C)=O)C4C(CC)=CCN5CC[C@]31[C@H]45)C2. The lowest BCUT2D eigenvalue weighted by Gasteiger charge is -2.59. The van der Waals surface area contributed by atoms with E-state index in [1.54, 1.807) is 18.9 Å². The highest BCUT2D eigenvalue weighted by molar-refractivity contribution is 7.99. The van der Waals surface area contributed by atoms with Gasteiger partial charge in [0.15, 0.2) is 6.10 Å². The summed E-state index contributed by atoms with van der Waals surface area (Å²) in [5.74, 6) is -1.85. The lowest BCUT2D eigenvalue weighted by Crippen LogP contribution is -2.78. The average molecular weight is 887 g/mol. The molecule has 1 aromatic heterocycles. The minimum Gasteiger partial charge on any atom is -0.496 e. The number of H-pyrrole nitrogens is 1. The molecule has 0 amide bonds. The Morgan fingerprint density at radius 1 is 0.938 bits per heavy atom. The Balaban J connectivity index is 1.25. The van der Waals surface area contributed by atoms with Crippen molar-refractivity contribution in [1.29, 1.82) is 0 Å². The number of aromatic amines is 1. The number of nitrogens with one attached hydrogen (secondary N) is 1. The number of aliphatic hydroxyl groups is 1. The summed E-state index contributed by atoms with van der Waals surface area (Å²) in [6, 6.07) is 19.8. The van der Waals surface area contributed by atoms with Gasteiger partial charge in [-0.25, -0.2) is 4.79 Å². The third kappa shape index (κ3) is 6.02. The van der Waals surface area contributed by atoms with E-state index in [0.717, 1.165) is 68.3 Å². The molecule has 2 N–H and O–H groups in total. The van der Waals surface area contributed by atoms with E-state index in [1.165, 1.54) is 26.7 Å². The molecule has 336 valence electrons. The number of nitrogens with zero attached hydrogens (tertiary/aromatic N) is 3. The van der Waals surface area contributed by atoms with Crippen molar-refractivity contribution in [2.45, 2.75) is 97.4 Å². The second kappa shape index (κ2) is 15.8. The van der Waals surface area contributed by atoms with Gasteiger partial charge in [-0.1, -0.05) is 67.1 Å². The number of aromatic nitrogens is 1. The Hall–Kier alpha value is -5.08. The summed E-state index contributed by atoms with van der Waals surface area (Å²) < 4.78 is 24.1. The minimum absolute atomic E-state index is 0.00337. The standard InChI is InChI=1S/C51H58N4O8S/c1-8-30-21-31-25-50(47(57)61-6,43-36(28-54(26-30)27-31)35-22-34(15-16-39(35)52-43)64-33-13-11-10-12-14-33)38-23-37-40(24-41(38)60-5)53(4)46-49(37)18-20-55-19-17-32(9-2)42(44(49)55)45(63-29(3)56)51(46,59)48(58)62-7/h10-17,21-24,31,42,44-46,52,59H,8-9,18-20,25-28H2,1-7H3/t31-,42?,44+,45-,46-,49-,50+,51-/m1/s1. The predicted octanol–water partition coefficient (Wildman–Crippen LogP) is 6.90. The maximum Gasteiger partial charge on any atom is 0.344 e. The van der Waals surface area contributed by atoms with Crippen LogP contribution in [0.3, 0.4) is 0 Å². The molecule has 9 atom stereocenters. The number of fused-ring (bicyclic) bond motifs is 6. The Morgan fingerprint density at radius 3 is 2.42 bits per heavy atom. The van der Waals surface area contributed by atoms with E-state index >= 15 is 4.79 Å². The maximum absolute atomic E-state index is 15.5. The first kappa shape index (κ1) is 42.8. The second-order valence-electron chi connectivity index (χ2n) is 18.6. The van der Waals surface area contributed by atoms with Gasteiger partial charge in [0.1, 0.15) is 11.2 Å². The van der Waals surface area contributed by atoms with Crippen LogP contribution in [0, 0.1) is 11.8 Å². The van der Waals surface area contributed by atoms with Crippen molar-refractivity contribution < 1.29 is 38.4 Å². The van der Waals surface area contributed by atoms with Crippen molar-refractivity contribution in [3.63, 3.8) is 0 Å². The van der Waals surface area contributed by atoms with Crippen LogP contribution in [-0.4, -0.2) is 116 Å². The molecule has 1 saturated carbocycles. The molecule has 2 unspecified atom stereocenters. The van der Waals surface area contributed by atoms with Crippen LogP contribution in [0.4, 0.5) is 5.69 Å². The fourth-order valence-electron chi connectivity index (χ4n) is 13.3. The Kier molecular flexibility index (Phi) is 10.6. The fraction of sp³-hybridized carbons (Fsp3) is 0.471. The van der Waals surface area contributed by atoms with Gasteiger partial charge in [0.2, 0.25) is 5.60 Å². The molecule has 6 aliphatic rings. The number of anilines is 1. The summed E-state index contributed by atoms with van der Waals surface area (Å²) >= 11 is 1.71. The number of carbonyl (C=O) groups excluding carboxylic acids is 3. The molecule has 10 rings (SSSR count). The first-order chi connectivity index (χ1) is 30.9. The van der Waals surface area contributed by atoms with Crippen LogP contribution in [0.1, 0.15) is 68.8 Å². The summed E-state index contributed by atoms with van der Waals surface area (Å²) in [4.78, 5) is 55.9. The number of likely N-dealkylation sites (N-methyl/N-ethyl adjacent to an activating group) is 1. The highest BCUT2D eigenvalue weighted by Gasteiger charge is 2.77. The normalized spacial score (nSPS) is 31.3. The summed E-state index contributed by atoms with van der Waals surface area (Å²) in [7, 11) is 6.25. The van der Waals surface area contributed by atoms with Crippen molar-refractivity contribution in [3.8, 4) is 5.75 Å². The van der Waals surface area contributed by atoms with Gasteiger partial charge in [-0.15, -0.1) is 0 Å². The molecule has 64 heavy (non-hydrogen) atoms. The van der Waals surface area contributed by atoms with Crippen molar-refractivity contribution in [1.82, 2.24) is 14.8 Å². The Morgan fingerprint density at radius 2 is 1.72 bits per heavy atom. The van der Waals surface area contributed by atoms with Crippen LogP contribution >= 0.6 is 11.8 Å². The minimum atomic E-state index is -2.27. The van der Waals surface area contributed by atoms with Gasteiger partial charge in [-0.05, 0) is 85.7 Å². The zero-order valence-corrected chi connectivity index (χ0v) is 38.6. The van der Waals surface area contributed by atoms with E-state index in [9.17, 15) is 14.7 Å². The highest BCUT2D eigenvalue weighted by Crippen LogP contribution is 2.65. The van der Waals surface area contributed by atoms with Crippen molar-refractivity contribution >= 4 is 46.3 Å². The summed E-state index contributed by atoms with van der Waals surface area (Å²) in [6.45, 7) is 9.19. The van der Waals surface area contributed by atoms with Crippen molar-refractivity contribution in [3.05, 3.63) is 106 Å². The van der Waals surface area contributed by atoms with Gasteiger partial charge < -0.3 is 33.9 Å². The molecule has 5 aliphatic heterocycles. The van der Waals surface area contributed by atoms with Crippen LogP contribution in [0.5, 0.6) is 5.75 Å². The number of hydrogen-bond acceptors (Lipinski definition) is 12. The van der Waals surface area contributed by atoms with E-state index in [1.807, 2.05) is 36.2 Å². The van der Waals surface area contributed by atoms with Gasteiger partial charge in [-0.3, -0.25) is 19.4 Å². The molecule has 0 radical (unpaired) electrons. The topological polar surface area (TPSA) is 134 Å². The molecule has 3 aromatic carbocycles. The van der Waals surface area contributed by atoms with Crippen LogP contribution in [0.15, 0.2) is 93.8 Å². The molecule has 2 fully saturated rings. The molecular formula is C51H58N4O8S. The number of carbonyl (C=O) groups is 3. The first-order valence-corrected chi connectivity index (χ1v) is 23.4. The van der Waals surface area contributed by atoms with E-state index in [-0.39, 0.29) is 12.0 Å². The Labute approximate surface area is 378 Å². The summed E-state index contributed by atoms with van der Waals surface area (Å²) in [6.07, 6.45) is 5.88. The quantitative estimate of drug-likeness (QED) is 0.103. The molecule has 4 aromatic rings. The molecule has 2 bridgehead atoms. The van der Waals surface area contributed by atoms with E-state index in [0.29, 0.717) is 50.2 Å². The van der Waals surface area contributed by atoms with Gasteiger partial charge in [0.05, 0.1) is 27.4 Å². The van der Waals surface area contributed by atoms with Crippen LogP contribution in [-0.2, 0) is 46.0 Å². The van der Waals surface area contributed by atoms with E-state index in [2.05, 4.69) is 77.2 Å². The number of benzene rings is 3. The number of esters is 3. The Bertz CT molecular complexity index is 2630. The maximum atomic E-state index is 15.5. The van der Waals surface area contributed by atoms with Gasteiger partial charge in [0.25, 0.3) is 0 Å². The third-order valence-electron chi connectivity index (χ3n) is 15.6. The first-order valence-electron chi connectivity index (χ1n) is 22.6. The second-order valence-corrected chi connectivity index (χ2v) is 19.8. The molecule has 1 aliphatic carbocycles. The average Bonchev–Trinajstić information content (AvgIpc) is 3.94. The number of rotatable bonds is 9. The van der Waals surface area contributed by atoms with E-state index < -0.39 is 52.4 Å². The molecule has 12 nitrogen and oxygen atoms in total. The third-order valence-corrected chi connectivity index (χ3v) is 16.6. The monoisotopic (exact) mass is 886 g/mol. The highest BCUT2D eigenvalue weighted by atomic mass is 32.2. The van der Waals surface area contributed by atoms with E-state index in [4.69, 9.17) is 18.9 Å². The molecule has 1 saturated heterocycles. The molecule has 6 heterocycles. The van der Waals surface area contributed by atoms with Crippen LogP contribution < -0.4 is 9.64 Å². The fourth-order valence-corrected chi connectivity index (χ4v) is 14.2. The zero-order valence-electron chi connectivity index (χ0n) is 37.7. The van der Waals surface area contributed by atoms with Gasteiger partial charge >= 0.3 is 17.9 Å². The van der Waals surface area contributed by atoms with Crippen LogP contribution in [0.2, 0.25) is 0 Å². The van der Waals surface area contributed by atoms with Gasteiger partial charge in [0, 0.05) is 101 Å². The predicted molar refractivity (Wildman–Crippen MR) is 245 cm³/mol. The summed E-state index contributed by atoms with van der Waals surface area (Å²) in [5.41, 5.74) is 2.95. The number of methoxy groups -OCH3 is 3. The summed E-state index contributed by atoms with van der Waals surface area (Å²) in [5, 5.41) is 14.4. The largest absolute Gasteiger partial charge is 0.496 e.